The van der Waals surface area contributed by atoms with Gasteiger partial charge in [0, 0.05) is 30.8 Å². The zero-order valence-electron chi connectivity index (χ0n) is 15.6. The normalized spacial score (nSPS) is 17.4. The average molecular weight is 393 g/mol. The Hall–Kier alpha value is -2.48. The first-order valence-corrected chi connectivity index (χ1v) is 9.12. The Labute approximate surface area is 160 Å². The number of H-pyrrole nitrogens is 1. The number of nitrogens with one attached hydrogen (secondary N) is 1. The molecule has 8 heteroatoms. The fraction of sp³-hybridized carbons (Fsp3) is 0.450. The first-order valence-electron chi connectivity index (χ1n) is 9.12. The van der Waals surface area contributed by atoms with Gasteiger partial charge in [0.25, 0.3) is 5.56 Å². The lowest BCUT2D eigenvalue weighted by molar-refractivity contribution is -0.138. The number of Topliss-reactive ketones (excluding diaryl/α,β-unsaturated/α-hetero) is 1. The summed E-state index contributed by atoms with van der Waals surface area (Å²) >= 11 is 0. The molecular weight excluding hydrogens is 371 g/mol. The average Bonchev–Trinajstić information content (AvgIpc) is 2.65. The van der Waals surface area contributed by atoms with E-state index in [0.717, 1.165) is 6.07 Å². The van der Waals surface area contributed by atoms with Crippen LogP contribution >= 0.6 is 0 Å². The SMILES string of the molecule is CC1(C(=O)Cc2ccccc2C(F)(F)F)CCN(Cc2ncc[nH]c2=O)CC1. The molecule has 1 aliphatic heterocycles. The molecule has 0 atom stereocenters. The second kappa shape index (κ2) is 7.87. The van der Waals surface area contributed by atoms with Crippen LogP contribution in [0.2, 0.25) is 0 Å². The lowest BCUT2D eigenvalue weighted by Gasteiger charge is -2.38. The van der Waals surface area contributed by atoms with E-state index in [-0.39, 0.29) is 23.3 Å². The van der Waals surface area contributed by atoms with Gasteiger partial charge in [-0.15, -0.1) is 0 Å². The molecule has 1 saturated heterocycles. The Bertz CT molecular complexity index is 900. The molecule has 0 amide bonds. The molecule has 0 unspecified atom stereocenters. The van der Waals surface area contributed by atoms with E-state index in [2.05, 4.69) is 9.97 Å². The summed E-state index contributed by atoms with van der Waals surface area (Å²) in [6.07, 6.45) is -0.651. The number of rotatable bonds is 5. The number of alkyl halides is 3. The van der Waals surface area contributed by atoms with Crippen molar-refractivity contribution in [3.63, 3.8) is 0 Å². The van der Waals surface area contributed by atoms with Gasteiger partial charge in [-0.3, -0.25) is 19.5 Å². The summed E-state index contributed by atoms with van der Waals surface area (Å²) in [4.78, 5) is 33.3. The number of carbonyl (C=O) groups is 1. The molecular formula is C20H22F3N3O2. The van der Waals surface area contributed by atoms with Gasteiger partial charge in [0.15, 0.2) is 0 Å². The van der Waals surface area contributed by atoms with E-state index in [4.69, 9.17) is 0 Å². The maximum atomic E-state index is 13.2. The molecule has 3 rings (SSSR count). The molecule has 0 bridgehead atoms. The van der Waals surface area contributed by atoms with Crippen molar-refractivity contribution >= 4 is 5.78 Å². The number of likely N-dealkylation sites (tertiary alicyclic amines) is 1. The van der Waals surface area contributed by atoms with Crippen LogP contribution in [0.4, 0.5) is 13.2 Å². The second-order valence-electron chi connectivity index (χ2n) is 7.46. The van der Waals surface area contributed by atoms with Gasteiger partial charge in [0.05, 0.1) is 5.56 Å². The van der Waals surface area contributed by atoms with Crippen molar-refractivity contribution in [2.75, 3.05) is 13.1 Å². The standard InChI is InChI=1S/C20H22F3N3O2/c1-19(17(27)12-14-4-2-3-5-15(14)20(21,22)23)6-10-26(11-7-19)13-16-18(28)25-9-8-24-16/h2-5,8-9H,6-7,10-13H2,1H3,(H,25,28). The topological polar surface area (TPSA) is 66.1 Å². The van der Waals surface area contributed by atoms with Gasteiger partial charge in [-0.05, 0) is 37.6 Å². The minimum absolute atomic E-state index is 0.0173. The van der Waals surface area contributed by atoms with Crippen molar-refractivity contribution < 1.29 is 18.0 Å². The fourth-order valence-electron chi connectivity index (χ4n) is 3.53. The number of aromatic nitrogens is 2. The highest BCUT2D eigenvalue weighted by Gasteiger charge is 2.39. The third kappa shape index (κ3) is 4.49. The Balaban J connectivity index is 1.65. The molecule has 0 radical (unpaired) electrons. The van der Waals surface area contributed by atoms with E-state index >= 15 is 0 Å². The molecule has 1 aromatic heterocycles. The molecule has 1 fully saturated rings. The fourth-order valence-corrected chi connectivity index (χ4v) is 3.53. The van der Waals surface area contributed by atoms with Crippen LogP contribution in [-0.2, 0) is 23.9 Å². The highest BCUT2D eigenvalue weighted by Crippen LogP contribution is 2.36. The quantitative estimate of drug-likeness (QED) is 0.847. The maximum Gasteiger partial charge on any atom is 0.416 e. The number of benzene rings is 1. The highest BCUT2D eigenvalue weighted by molar-refractivity contribution is 5.87. The Kier molecular flexibility index (Phi) is 5.69. The van der Waals surface area contributed by atoms with Crippen molar-refractivity contribution in [2.45, 2.75) is 38.9 Å². The number of hydrogen-bond donors (Lipinski definition) is 1. The van der Waals surface area contributed by atoms with Crippen LogP contribution in [0, 0.1) is 5.41 Å². The Morgan fingerprint density at radius 3 is 2.57 bits per heavy atom. The molecule has 150 valence electrons. The molecule has 1 aliphatic rings. The van der Waals surface area contributed by atoms with Crippen LogP contribution in [0.1, 0.15) is 36.6 Å². The zero-order chi connectivity index (χ0) is 20.4. The summed E-state index contributed by atoms with van der Waals surface area (Å²) in [6, 6.07) is 5.23. The van der Waals surface area contributed by atoms with Crippen molar-refractivity contribution in [3.05, 3.63) is 63.8 Å². The smallest absolute Gasteiger partial charge is 0.326 e. The van der Waals surface area contributed by atoms with Gasteiger partial charge in [0.2, 0.25) is 0 Å². The van der Waals surface area contributed by atoms with E-state index in [1.54, 1.807) is 0 Å². The van der Waals surface area contributed by atoms with E-state index in [1.807, 2.05) is 11.8 Å². The molecule has 1 N–H and O–H groups in total. The lowest BCUT2D eigenvalue weighted by Crippen LogP contribution is -2.43. The predicted octanol–water partition coefficient (Wildman–Crippen LogP) is 3.20. The van der Waals surface area contributed by atoms with Crippen LogP contribution in [0.25, 0.3) is 0 Å². The Morgan fingerprint density at radius 2 is 1.93 bits per heavy atom. The lowest BCUT2D eigenvalue weighted by atomic mass is 9.74. The zero-order valence-corrected chi connectivity index (χ0v) is 15.6. The second-order valence-corrected chi connectivity index (χ2v) is 7.46. The largest absolute Gasteiger partial charge is 0.416 e. The highest BCUT2D eigenvalue weighted by atomic mass is 19.4. The van der Waals surface area contributed by atoms with Crippen molar-refractivity contribution in [3.8, 4) is 0 Å². The number of carbonyl (C=O) groups excluding carboxylic acids is 1. The minimum atomic E-state index is -4.48. The maximum absolute atomic E-state index is 13.2. The van der Waals surface area contributed by atoms with Crippen LogP contribution in [0.5, 0.6) is 0 Å². The summed E-state index contributed by atoms with van der Waals surface area (Å²) in [5.41, 5.74) is -1.24. The molecule has 28 heavy (non-hydrogen) atoms. The van der Waals surface area contributed by atoms with E-state index in [9.17, 15) is 22.8 Å². The number of aromatic amines is 1. The van der Waals surface area contributed by atoms with Gasteiger partial charge in [-0.1, -0.05) is 25.1 Å². The third-order valence-corrected chi connectivity index (χ3v) is 5.46. The van der Waals surface area contributed by atoms with Crippen LogP contribution in [-0.4, -0.2) is 33.7 Å². The number of piperidine rings is 1. The first kappa shape index (κ1) is 20.3. The molecule has 0 spiro atoms. The van der Waals surface area contributed by atoms with E-state index in [0.29, 0.717) is 38.2 Å². The van der Waals surface area contributed by atoms with Crippen molar-refractivity contribution in [1.82, 2.24) is 14.9 Å². The monoisotopic (exact) mass is 393 g/mol. The summed E-state index contributed by atoms with van der Waals surface area (Å²) in [7, 11) is 0. The Morgan fingerprint density at radius 1 is 1.25 bits per heavy atom. The van der Waals surface area contributed by atoms with Crippen LogP contribution in [0.15, 0.2) is 41.5 Å². The number of halogens is 3. The van der Waals surface area contributed by atoms with Crippen molar-refractivity contribution in [1.29, 1.82) is 0 Å². The number of hydrogen-bond acceptors (Lipinski definition) is 4. The summed E-state index contributed by atoms with van der Waals surface area (Å²) in [5, 5.41) is 0. The van der Waals surface area contributed by atoms with Gasteiger partial charge in [-0.2, -0.15) is 13.2 Å². The van der Waals surface area contributed by atoms with E-state index < -0.39 is 17.2 Å². The predicted molar refractivity (Wildman–Crippen MR) is 97.6 cm³/mol. The molecule has 2 aromatic rings. The molecule has 0 saturated carbocycles. The van der Waals surface area contributed by atoms with Crippen LogP contribution < -0.4 is 5.56 Å². The van der Waals surface area contributed by atoms with Gasteiger partial charge >= 0.3 is 6.18 Å². The first-order chi connectivity index (χ1) is 13.2. The number of ketones is 1. The summed E-state index contributed by atoms with van der Waals surface area (Å²) < 4.78 is 39.5. The van der Waals surface area contributed by atoms with Crippen LogP contribution in [0.3, 0.4) is 0 Å². The summed E-state index contributed by atoms with van der Waals surface area (Å²) in [6.45, 7) is 3.37. The van der Waals surface area contributed by atoms with Gasteiger partial charge < -0.3 is 4.98 Å². The van der Waals surface area contributed by atoms with E-state index in [1.165, 1.54) is 30.6 Å². The van der Waals surface area contributed by atoms with Gasteiger partial charge in [-0.25, -0.2) is 0 Å². The third-order valence-electron chi connectivity index (χ3n) is 5.46. The number of nitrogens with zero attached hydrogens (tertiary/aromatic N) is 2. The molecule has 1 aromatic carbocycles. The molecule has 2 heterocycles. The van der Waals surface area contributed by atoms with Crippen molar-refractivity contribution in [2.24, 2.45) is 5.41 Å². The minimum Gasteiger partial charge on any atom is -0.326 e. The molecule has 0 aliphatic carbocycles. The summed E-state index contributed by atoms with van der Waals surface area (Å²) in [5.74, 6) is -0.181. The van der Waals surface area contributed by atoms with Gasteiger partial charge in [0.1, 0.15) is 11.5 Å². The molecule has 5 nitrogen and oxygen atoms in total.